The summed E-state index contributed by atoms with van der Waals surface area (Å²) in [6.07, 6.45) is -0.205. The molecule has 6 nitrogen and oxygen atoms in total. The summed E-state index contributed by atoms with van der Waals surface area (Å²) in [5.74, 6) is -1.16. The highest BCUT2D eigenvalue weighted by atomic mass is 79.9. The minimum Gasteiger partial charge on any atom is -0.481 e. The van der Waals surface area contributed by atoms with Crippen LogP contribution in [0.15, 0.2) is 34.8 Å². The molecule has 23 heavy (non-hydrogen) atoms. The highest BCUT2D eigenvalue weighted by Gasteiger charge is 2.21. The Morgan fingerprint density at radius 1 is 1.35 bits per heavy atom. The van der Waals surface area contributed by atoms with Crippen LogP contribution in [0.5, 0.6) is 0 Å². The molecule has 1 atom stereocenters. The fourth-order valence-corrected chi connectivity index (χ4v) is 2.55. The maximum Gasteiger partial charge on any atom is 0.305 e. The van der Waals surface area contributed by atoms with Gasteiger partial charge in [-0.15, -0.1) is 0 Å². The number of hydrogen-bond donors (Lipinski definition) is 3. The standard InChI is InChI=1S/C16H18BrN3O3/c1-9(2)12-7-14(20-19-12)16(23)18-13(8-15(21)22)10-4-3-5-11(17)6-10/h3-7,9,13H,8H2,1-2H3,(H,18,23)(H,19,20)(H,21,22). The van der Waals surface area contributed by atoms with Crippen molar-refractivity contribution in [3.8, 4) is 0 Å². The van der Waals surface area contributed by atoms with Gasteiger partial charge >= 0.3 is 5.97 Å². The Kier molecular flexibility index (Phi) is 5.54. The summed E-state index contributed by atoms with van der Waals surface area (Å²) < 4.78 is 0.821. The van der Waals surface area contributed by atoms with Gasteiger partial charge in [-0.25, -0.2) is 0 Å². The summed E-state index contributed by atoms with van der Waals surface area (Å²) in [6, 6.07) is 8.26. The molecule has 1 amide bonds. The Morgan fingerprint density at radius 3 is 2.65 bits per heavy atom. The van der Waals surface area contributed by atoms with E-state index in [0.717, 1.165) is 15.7 Å². The van der Waals surface area contributed by atoms with Crippen LogP contribution in [0.25, 0.3) is 0 Å². The lowest BCUT2D eigenvalue weighted by Gasteiger charge is -2.17. The molecule has 2 aromatic rings. The van der Waals surface area contributed by atoms with Crippen molar-refractivity contribution in [2.24, 2.45) is 0 Å². The van der Waals surface area contributed by atoms with E-state index in [9.17, 15) is 9.59 Å². The number of nitrogens with zero attached hydrogens (tertiary/aromatic N) is 1. The molecule has 0 saturated carbocycles. The first-order chi connectivity index (χ1) is 10.9. The second-order valence-corrected chi connectivity index (χ2v) is 6.46. The first kappa shape index (κ1) is 17.2. The molecule has 0 saturated heterocycles. The zero-order valence-electron chi connectivity index (χ0n) is 12.8. The molecule has 0 aliphatic rings. The second kappa shape index (κ2) is 7.41. The number of aromatic amines is 1. The van der Waals surface area contributed by atoms with E-state index in [1.807, 2.05) is 19.9 Å². The number of halogens is 1. The Bertz CT molecular complexity index is 712. The van der Waals surface area contributed by atoms with E-state index in [1.165, 1.54) is 0 Å². The summed E-state index contributed by atoms with van der Waals surface area (Å²) in [7, 11) is 0. The molecule has 0 fully saturated rings. The molecule has 1 aromatic carbocycles. The molecule has 2 rings (SSSR count). The smallest absolute Gasteiger partial charge is 0.305 e. The minimum absolute atomic E-state index is 0.205. The number of aliphatic carboxylic acids is 1. The number of carboxylic acid groups (broad SMARTS) is 1. The van der Waals surface area contributed by atoms with Crippen LogP contribution in [0.4, 0.5) is 0 Å². The van der Waals surface area contributed by atoms with Crippen molar-refractivity contribution in [3.63, 3.8) is 0 Å². The van der Waals surface area contributed by atoms with Gasteiger partial charge in [0.15, 0.2) is 0 Å². The van der Waals surface area contributed by atoms with Gasteiger partial charge in [-0.2, -0.15) is 5.10 Å². The topological polar surface area (TPSA) is 95.1 Å². The molecular weight excluding hydrogens is 362 g/mol. The highest BCUT2D eigenvalue weighted by Crippen LogP contribution is 2.21. The van der Waals surface area contributed by atoms with Gasteiger partial charge in [0.25, 0.3) is 5.91 Å². The molecule has 1 aromatic heterocycles. The maximum absolute atomic E-state index is 12.3. The number of aromatic nitrogens is 2. The van der Waals surface area contributed by atoms with Crippen LogP contribution in [0, 0.1) is 0 Å². The Balaban J connectivity index is 2.19. The molecule has 3 N–H and O–H groups in total. The van der Waals surface area contributed by atoms with E-state index >= 15 is 0 Å². The third-order valence-corrected chi connectivity index (χ3v) is 3.88. The van der Waals surface area contributed by atoms with Gasteiger partial charge in [0.2, 0.25) is 0 Å². The summed E-state index contributed by atoms with van der Waals surface area (Å²) in [5.41, 5.74) is 1.82. The number of nitrogens with one attached hydrogen (secondary N) is 2. The first-order valence-electron chi connectivity index (χ1n) is 7.20. The number of benzene rings is 1. The lowest BCUT2D eigenvalue weighted by atomic mass is 10.0. The predicted octanol–water partition coefficient (Wildman–Crippen LogP) is 3.24. The maximum atomic E-state index is 12.3. The molecule has 0 bridgehead atoms. The molecule has 0 aliphatic heterocycles. The van der Waals surface area contributed by atoms with E-state index in [2.05, 4.69) is 31.4 Å². The molecule has 0 radical (unpaired) electrons. The number of amides is 1. The van der Waals surface area contributed by atoms with Crippen molar-refractivity contribution in [1.29, 1.82) is 0 Å². The average Bonchev–Trinajstić information content (AvgIpc) is 2.96. The average molecular weight is 380 g/mol. The summed E-state index contributed by atoms with van der Waals surface area (Å²) in [6.45, 7) is 3.98. The van der Waals surface area contributed by atoms with Crippen molar-refractivity contribution in [2.75, 3.05) is 0 Å². The van der Waals surface area contributed by atoms with E-state index in [1.54, 1.807) is 24.3 Å². The van der Waals surface area contributed by atoms with Crippen molar-refractivity contribution >= 4 is 27.8 Å². The molecular formula is C16H18BrN3O3. The van der Waals surface area contributed by atoms with Crippen LogP contribution in [0.3, 0.4) is 0 Å². The predicted molar refractivity (Wildman–Crippen MR) is 89.3 cm³/mol. The molecule has 1 unspecified atom stereocenters. The minimum atomic E-state index is -0.986. The summed E-state index contributed by atoms with van der Waals surface area (Å²) >= 11 is 3.35. The van der Waals surface area contributed by atoms with E-state index in [4.69, 9.17) is 5.11 Å². The molecule has 1 heterocycles. The molecule has 0 aliphatic carbocycles. The number of rotatable bonds is 6. The van der Waals surface area contributed by atoms with E-state index in [-0.39, 0.29) is 18.0 Å². The Hall–Kier alpha value is -2.15. The van der Waals surface area contributed by atoms with Gasteiger partial charge in [-0.1, -0.05) is 41.9 Å². The van der Waals surface area contributed by atoms with Crippen molar-refractivity contribution < 1.29 is 14.7 Å². The lowest BCUT2D eigenvalue weighted by molar-refractivity contribution is -0.137. The Morgan fingerprint density at radius 2 is 2.09 bits per heavy atom. The lowest BCUT2D eigenvalue weighted by Crippen LogP contribution is -2.30. The van der Waals surface area contributed by atoms with Crippen LogP contribution in [-0.4, -0.2) is 27.2 Å². The normalized spacial score (nSPS) is 12.2. The van der Waals surface area contributed by atoms with Crippen molar-refractivity contribution in [1.82, 2.24) is 15.5 Å². The zero-order valence-corrected chi connectivity index (χ0v) is 14.4. The largest absolute Gasteiger partial charge is 0.481 e. The van der Waals surface area contributed by atoms with Gasteiger partial charge in [-0.3, -0.25) is 14.7 Å². The van der Waals surface area contributed by atoms with E-state index < -0.39 is 17.9 Å². The third-order valence-electron chi connectivity index (χ3n) is 3.39. The van der Waals surface area contributed by atoms with Crippen molar-refractivity contribution in [3.05, 3.63) is 51.8 Å². The SMILES string of the molecule is CC(C)c1cc(C(=O)NC(CC(=O)O)c2cccc(Br)c2)n[nH]1. The number of carboxylic acids is 1. The van der Waals surface area contributed by atoms with Crippen molar-refractivity contribution in [2.45, 2.75) is 32.2 Å². The number of carbonyl (C=O) groups is 2. The number of carbonyl (C=O) groups excluding carboxylic acids is 1. The zero-order chi connectivity index (χ0) is 17.0. The third kappa shape index (κ3) is 4.66. The van der Waals surface area contributed by atoms with Crippen LogP contribution >= 0.6 is 15.9 Å². The quantitative estimate of drug-likeness (QED) is 0.717. The van der Waals surface area contributed by atoms with Crippen LogP contribution in [0.2, 0.25) is 0 Å². The van der Waals surface area contributed by atoms with Crippen LogP contribution in [-0.2, 0) is 4.79 Å². The fraction of sp³-hybridized carbons (Fsp3) is 0.312. The second-order valence-electron chi connectivity index (χ2n) is 5.54. The first-order valence-corrected chi connectivity index (χ1v) is 7.99. The monoisotopic (exact) mass is 379 g/mol. The number of hydrogen-bond acceptors (Lipinski definition) is 3. The Labute approximate surface area is 142 Å². The highest BCUT2D eigenvalue weighted by molar-refractivity contribution is 9.10. The van der Waals surface area contributed by atoms with Crippen LogP contribution < -0.4 is 5.32 Å². The summed E-state index contributed by atoms with van der Waals surface area (Å²) in [4.78, 5) is 23.4. The molecule has 7 heteroatoms. The fourth-order valence-electron chi connectivity index (χ4n) is 2.13. The molecule has 0 spiro atoms. The van der Waals surface area contributed by atoms with E-state index in [0.29, 0.717) is 0 Å². The van der Waals surface area contributed by atoms with Crippen LogP contribution in [0.1, 0.15) is 54.0 Å². The molecule has 122 valence electrons. The van der Waals surface area contributed by atoms with Gasteiger partial charge in [-0.05, 0) is 29.7 Å². The van der Waals surface area contributed by atoms with Gasteiger partial charge in [0, 0.05) is 10.2 Å². The summed E-state index contributed by atoms with van der Waals surface area (Å²) in [5, 5.41) is 18.6. The van der Waals surface area contributed by atoms with Gasteiger partial charge < -0.3 is 10.4 Å². The van der Waals surface area contributed by atoms with Gasteiger partial charge in [0.05, 0.1) is 12.5 Å². The van der Waals surface area contributed by atoms with Gasteiger partial charge in [0.1, 0.15) is 5.69 Å². The number of H-pyrrole nitrogens is 1.